The van der Waals surface area contributed by atoms with E-state index < -0.39 is 42.1 Å². The van der Waals surface area contributed by atoms with Crippen LogP contribution in [0.4, 0.5) is 0 Å². The van der Waals surface area contributed by atoms with Gasteiger partial charge in [-0.25, -0.2) is 4.79 Å². The summed E-state index contributed by atoms with van der Waals surface area (Å²) in [6.07, 6.45) is -1.72. The summed E-state index contributed by atoms with van der Waals surface area (Å²) in [6, 6.07) is 18.2. The van der Waals surface area contributed by atoms with Gasteiger partial charge in [-0.2, -0.15) is 0 Å². The Morgan fingerprint density at radius 2 is 1.75 bits per heavy atom. The van der Waals surface area contributed by atoms with E-state index in [2.05, 4.69) is 0 Å². The zero-order valence-electron chi connectivity index (χ0n) is 15.3. The van der Waals surface area contributed by atoms with Crippen molar-refractivity contribution in [3.05, 3.63) is 71.8 Å². The predicted octanol–water partition coefficient (Wildman–Crippen LogP) is 2.78. The lowest BCUT2D eigenvalue weighted by atomic mass is 9.98. The summed E-state index contributed by atoms with van der Waals surface area (Å²) in [6.45, 7) is 0.289. The average molecular weight is 402 g/mol. The van der Waals surface area contributed by atoms with E-state index in [9.17, 15) is 9.90 Å². The zero-order valence-corrected chi connectivity index (χ0v) is 16.2. The second-order valence-electron chi connectivity index (χ2n) is 6.68. The maximum Gasteiger partial charge on any atom is 0.338 e. The molecule has 2 fully saturated rings. The minimum Gasteiger partial charge on any atom is -0.452 e. The number of benzene rings is 2. The third kappa shape index (κ3) is 3.94. The second-order valence-corrected chi connectivity index (χ2v) is 7.62. The van der Waals surface area contributed by atoms with Gasteiger partial charge in [0.2, 0.25) is 0 Å². The molecule has 28 heavy (non-hydrogen) atoms. The first-order chi connectivity index (χ1) is 13.7. The quantitative estimate of drug-likeness (QED) is 0.788. The van der Waals surface area contributed by atoms with Crippen LogP contribution in [0.5, 0.6) is 0 Å². The number of esters is 1. The van der Waals surface area contributed by atoms with Crippen molar-refractivity contribution in [2.24, 2.45) is 0 Å². The summed E-state index contributed by atoms with van der Waals surface area (Å²) in [5.74, 6) is -0.502. The maximum atomic E-state index is 12.5. The fraction of sp³-hybridized carbons (Fsp3) is 0.381. The van der Waals surface area contributed by atoms with Crippen molar-refractivity contribution in [1.82, 2.24) is 0 Å². The Balaban J connectivity index is 1.50. The van der Waals surface area contributed by atoms with E-state index >= 15 is 0 Å². The minimum absolute atomic E-state index is 0.289. The lowest BCUT2D eigenvalue weighted by Crippen LogP contribution is -2.61. The molecule has 0 spiro atoms. The molecule has 0 amide bonds. The van der Waals surface area contributed by atoms with Crippen LogP contribution in [0.15, 0.2) is 60.7 Å². The van der Waals surface area contributed by atoms with E-state index in [1.807, 2.05) is 42.7 Å². The van der Waals surface area contributed by atoms with Crippen LogP contribution in [0.25, 0.3) is 0 Å². The van der Waals surface area contributed by atoms with Gasteiger partial charge in [0.1, 0.15) is 23.7 Å². The molecule has 2 heterocycles. The van der Waals surface area contributed by atoms with E-state index in [1.165, 1.54) is 11.8 Å². The number of hydrogen-bond acceptors (Lipinski definition) is 7. The third-order valence-electron chi connectivity index (χ3n) is 4.87. The summed E-state index contributed by atoms with van der Waals surface area (Å²) < 4.78 is 23.4. The molecule has 2 aromatic rings. The van der Waals surface area contributed by atoms with Gasteiger partial charge in [0.05, 0.1) is 12.2 Å². The molecule has 0 aromatic heterocycles. The van der Waals surface area contributed by atoms with E-state index in [0.29, 0.717) is 5.56 Å². The van der Waals surface area contributed by atoms with Crippen molar-refractivity contribution in [2.45, 2.75) is 36.1 Å². The number of carbonyl (C=O) groups is 1. The highest BCUT2D eigenvalue weighted by molar-refractivity contribution is 7.99. The molecule has 2 aromatic carbocycles. The largest absolute Gasteiger partial charge is 0.452 e. The number of aliphatic hydroxyl groups is 1. The lowest BCUT2D eigenvalue weighted by molar-refractivity contribution is -0.317. The monoisotopic (exact) mass is 402 g/mol. The number of hydrogen-bond donors (Lipinski definition) is 1. The molecule has 2 aliphatic heterocycles. The standard InChI is InChI=1S/C21H22O6S/c1-28-21-18(26-19(23)13-8-4-2-5-9-13)16(22)17-15(25-21)12-24-20(27-17)14-10-6-3-7-11-14/h2-11,15-18,20-22H,12H2,1H3/t15?,16-,17-,18?,20?,21-/m0/s1. The van der Waals surface area contributed by atoms with Gasteiger partial charge in [-0.15, -0.1) is 11.8 Å². The number of aliphatic hydroxyl groups excluding tert-OH is 1. The Morgan fingerprint density at radius 3 is 2.43 bits per heavy atom. The smallest absolute Gasteiger partial charge is 0.338 e. The fourth-order valence-electron chi connectivity index (χ4n) is 3.43. The molecule has 3 unspecified atom stereocenters. The van der Waals surface area contributed by atoms with Gasteiger partial charge in [0, 0.05) is 5.56 Å². The van der Waals surface area contributed by atoms with Crippen LogP contribution in [0.3, 0.4) is 0 Å². The molecular weight excluding hydrogens is 380 g/mol. The van der Waals surface area contributed by atoms with Crippen molar-refractivity contribution < 1.29 is 28.8 Å². The minimum atomic E-state index is -1.03. The first kappa shape index (κ1) is 19.4. The highest BCUT2D eigenvalue weighted by atomic mass is 32.2. The van der Waals surface area contributed by atoms with E-state index in [1.54, 1.807) is 24.3 Å². The Bertz CT molecular complexity index is 786. The summed E-state index contributed by atoms with van der Waals surface area (Å²) in [4.78, 5) is 12.5. The predicted molar refractivity (Wildman–Crippen MR) is 104 cm³/mol. The van der Waals surface area contributed by atoms with Crippen molar-refractivity contribution in [1.29, 1.82) is 0 Å². The first-order valence-corrected chi connectivity index (χ1v) is 10.4. The molecule has 7 heteroatoms. The SMILES string of the molecule is CS[C@@H]1OC2COC(c3ccccc3)O[C@@H]2[C@H](O)C1OC(=O)c1ccccc1. The van der Waals surface area contributed by atoms with Crippen LogP contribution in [-0.2, 0) is 18.9 Å². The maximum absolute atomic E-state index is 12.5. The zero-order chi connectivity index (χ0) is 19.5. The first-order valence-electron chi connectivity index (χ1n) is 9.11. The summed E-state index contributed by atoms with van der Waals surface area (Å²) >= 11 is 1.38. The lowest BCUT2D eigenvalue weighted by Gasteiger charge is -2.47. The Labute approximate surface area is 167 Å². The highest BCUT2D eigenvalue weighted by Gasteiger charge is 2.50. The van der Waals surface area contributed by atoms with Crippen LogP contribution in [-0.4, -0.2) is 53.8 Å². The molecule has 0 saturated carbocycles. The number of carbonyl (C=O) groups excluding carboxylic acids is 1. The Morgan fingerprint density at radius 1 is 1.07 bits per heavy atom. The van der Waals surface area contributed by atoms with Gasteiger partial charge in [-0.3, -0.25) is 0 Å². The molecule has 6 nitrogen and oxygen atoms in total. The third-order valence-corrected chi connectivity index (χ3v) is 5.71. The second kappa shape index (κ2) is 8.63. The molecule has 6 atom stereocenters. The normalized spacial score (nSPS) is 32.4. The van der Waals surface area contributed by atoms with Gasteiger partial charge in [-0.05, 0) is 18.4 Å². The Hall–Kier alpha value is -1.90. The summed E-state index contributed by atoms with van der Waals surface area (Å²) in [5, 5.41) is 11.0. The van der Waals surface area contributed by atoms with E-state index in [0.717, 1.165) is 5.56 Å². The van der Waals surface area contributed by atoms with Gasteiger partial charge in [0.15, 0.2) is 12.4 Å². The molecule has 0 aliphatic carbocycles. The topological polar surface area (TPSA) is 74.2 Å². The van der Waals surface area contributed by atoms with Crippen molar-refractivity contribution in [2.75, 3.05) is 12.9 Å². The number of rotatable bonds is 4. The average Bonchev–Trinajstić information content (AvgIpc) is 2.76. The summed E-state index contributed by atoms with van der Waals surface area (Å²) in [5.41, 5.74) is 0.772. The summed E-state index contributed by atoms with van der Waals surface area (Å²) in [7, 11) is 0. The fourth-order valence-corrected chi connectivity index (χ4v) is 4.17. The van der Waals surface area contributed by atoms with Crippen LogP contribution < -0.4 is 0 Å². The van der Waals surface area contributed by atoms with Crippen molar-refractivity contribution >= 4 is 17.7 Å². The molecule has 1 N–H and O–H groups in total. The highest BCUT2D eigenvalue weighted by Crippen LogP contribution is 2.37. The van der Waals surface area contributed by atoms with E-state index in [-0.39, 0.29) is 6.61 Å². The van der Waals surface area contributed by atoms with Crippen molar-refractivity contribution in [3.8, 4) is 0 Å². The van der Waals surface area contributed by atoms with Gasteiger partial charge < -0.3 is 24.1 Å². The molecule has 148 valence electrons. The van der Waals surface area contributed by atoms with Crippen LogP contribution in [0.2, 0.25) is 0 Å². The molecule has 0 bridgehead atoms. The van der Waals surface area contributed by atoms with Gasteiger partial charge >= 0.3 is 5.97 Å². The number of thioether (sulfide) groups is 1. The van der Waals surface area contributed by atoms with E-state index in [4.69, 9.17) is 18.9 Å². The van der Waals surface area contributed by atoms with Crippen LogP contribution >= 0.6 is 11.8 Å². The number of fused-ring (bicyclic) bond motifs is 1. The molecule has 2 saturated heterocycles. The molecule has 2 aliphatic rings. The van der Waals surface area contributed by atoms with Crippen LogP contribution in [0.1, 0.15) is 22.2 Å². The molecule has 4 rings (SSSR count). The molecule has 0 radical (unpaired) electrons. The Kier molecular flexibility index (Phi) is 5.99. The van der Waals surface area contributed by atoms with Gasteiger partial charge in [-0.1, -0.05) is 48.5 Å². The van der Waals surface area contributed by atoms with Crippen molar-refractivity contribution in [3.63, 3.8) is 0 Å². The van der Waals surface area contributed by atoms with Gasteiger partial charge in [0.25, 0.3) is 0 Å². The number of ether oxygens (including phenoxy) is 4. The molecular formula is C21H22O6S. The van der Waals surface area contributed by atoms with Crippen LogP contribution in [0, 0.1) is 0 Å².